The smallest absolute Gasteiger partial charge is 0.261 e. The number of fused-ring (bicyclic) bond motifs is 1. The molecule has 3 rings (SSSR count). The summed E-state index contributed by atoms with van der Waals surface area (Å²) in [5, 5.41) is 39.5. The zero-order valence-corrected chi connectivity index (χ0v) is 21.1. The lowest BCUT2D eigenvalue weighted by molar-refractivity contribution is -0.171. The number of carbonyl (C=O) groups excluding carboxylic acids is 1. The fourth-order valence-electron chi connectivity index (χ4n) is 4.75. The minimum atomic E-state index is -3.58. The molecule has 1 heterocycles. The highest BCUT2D eigenvalue weighted by Crippen LogP contribution is 2.55. The molecule has 2 aromatic carbocycles. The van der Waals surface area contributed by atoms with Crippen LogP contribution in [0.5, 0.6) is 5.75 Å². The Morgan fingerprint density at radius 1 is 0.921 bits per heavy atom. The average molecular weight is 499 g/mol. The van der Waals surface area contributed by atoms with Gasteiger partial charge in [0.15, 0.2) is 7.85 Å². The second-order valence-electron chi connectivity index (χ2n) is 10.4. The third-order valence-electron chi connectivity index (χ3n) is 6.43. The Labute approximate surface area is 228 Å². The van der Waals surface area contributed by atoms with E-state index < -0.39 is 49.7 Å². The summed E-state index contributed by atoms with van der Waals surface area (Å²) in [7, 11) is 34.4. The van der Waals surface area contributed by atoms with Gasteiger partial charge in [-0.3, -0.25) is 9.59 Å². The first-order valence-electron chi connectivity index (χ1n) is 11.3. The second kappa shape index (κ2) is 9.43. The highest BCUT2D eigenvalue weighted by Gasteiger charge is 2.61. The van der Waals surface area contributed by atoms with Gasteiger partial charge in [0.25, 0.3) is 5.91 Å². The number of aromatic nitrogens is 1. The normalized spacial score (nSPS) is 14.7. The molecule has 0 bridgehead atoms. The molecule has 0 aliphatic carbocycles. The van der Waals surface area contributed by atoms with E-state index >= 15 is 0 Å². The predicted octanol–water partition coefficient (Wildman–Crippen LogP) is -0.610. The molecule has 0 saturated carbocycles. The molecule has 6 N–H and O–H groups in total. The molecule has 1 aromatic heterocycles. The van der Waals surface area contributed by atoms with Gasteiger partial charge in [0, 0.05) is 39.8 Å². The van der Waals surface area contributed by atoms with Crippen molar-refractivity contribution in [3.63, 3.8) is 0 Å². The van der Waals surface area contributed by atoms with E-state index in [1.165, 1.54) is 6.20 Å². The van der Waals surface area contributed by atoms with Crippen LogP contribution in [-0.2, 0) is 10.8 Å². The van der Waals surface area contributed by atoms with Crippen molar-refractivity contribution in [2.24, 2.45) is 0 Å². The summed E-state index contributed by atoms with van der Waals surface area (Å²) in [5.41, 5.74) is -8.11. The average Bonchev–Trinajstić information content (AvgIpc) is 2.72. The summed E-state index contributed by atoms with van der Waals surface area (Å²) < 4.78 is 0. The van der Waals surface area contributed by atoms with E-state index in [1.807, 2.05) is 0 Å². The number of carbonyl (C=O) groups is 1. The number of pyridine rings is 1. The lowest BCUT2D eigenvalue weighted by Crippen LogP contribution is -2.72. The van der Waals surface area contributed by atoms with E-state index in [1.54, 1.807) is 45.0 Å². The lowest BCUT2D eigenvalue weighted by Gasteiger charge is -2.60. The molecule has 1 amide bonds. The summed E-state index contributed by atoms with van der Waals surface area (Å²) in [5.74, 6) is -1.63. The Morgan fingerprint density at radius 3 is 2.00 bits per heavy atom. The topological polar surface area (TPSA) is 143 Å². The van der Waals surface area contributed by atoms with E-state index in [2.05, 4.69) is 10.3 Å². The molecule has 0 spiro atoms. The number of aromatic amines is 1. The van der Waals surface area contributed by atoms with Gasteiger partial charge in [-0.1, -0.05) is 32.9 Å². The van der Waals surface area contributed by atoms with Crippen LogP contribution in [0.4, 0.5) is 5.69 Å². The van der Waals surface area contributed by atoms with Gasteiger partial charge in [-0.05, 0) is 34.6 Å². The van der Waals surface area contributed by atoms with Crippen LogP contribution >= 0.6 is 0 Å². The first-order chi connectivity index (χ1) is 17.1. The van der Waals surface area contributed by atoms with Crippen LogP contribution in [0.2, 0.25) is 5.11 Å². The van der Waals surface area contributed by atoms with Gasteiger partial charge in [-0.25, -0.2) is 0 Å². The molecule has 3 aromatic rings. The number of phenols is 1. The first kappa shape index (κ1) is 29.7. The number of para-hydroxylation sites is 1. The number of aliphatic hydroxyl groups is 3. The molecule has 1 atom stereocenters. The Hall–Kier alpha value is -2.81. The van der Waals surface area contributed by atoms with Crippen LogP contribution in [0.15, 0.2) is 47.4 Å². The van der Waals surface area contributed by atoms with Crippen LogP contribution in [0, 0.1) is 0 Å². The minimum absolute atomic E-state index is 0.0120. The molecule has 8 nitrogen and oxygen atoms in total. The maximum absolute atomic E-state index is 13.2. The molecule has 1 unspecified atom stereocenters. The van der Waals surface area contributed by atoms with Gasteiger partial charge in [-0.2, -0.15) is 0 Å². The van der Waals surface area contributed by atoms with E-state index in [-0.39, 0.29) is 16.8 Å². The van der Waals surface area contributed by atoms with Crippen molar-refractivity contribution >= 4 is 69.6 Å². The van der Waals surface area contributed by atoms with Crippen molar-refractivity contribution in [1.82, 2.24) is 4.98 Å². The van der Waals surface area contributed by atoms with Crippen molar-refractivity contribution in [1.29, 1.82) is 0 Å². The maximum atomic E-state index is 13.2. The van der Waals surface area contributed by atoms with E-state index in [0.29, 0.717) is 10.9 Å². The molecule has 38 heavy (non-hydrogen) atoms. The maximum Gasteiger partial charge on any atom is 0.261 e. The molecule has 0 aliphatic heterocycles. The summed E-state index contributed by atoms with van der Waals surface area (Å²) in [4.78, 5) is 29.0. The number of hydrogen-bond donors (Lipinski definition) is 6. The van der Waals surface area contributed by atoms with Gasteiger partial charge in [0.05, 0.1) is 23.5 Å². The number of aromatic hydroxyl groups is 1. The SMILES string of the molecule is [B]C([B])([B])C(c1cc(C(C)(C)C)c(NC(=O)c2c[nH]c3ccccc3c2=O)cc1O)(C([B])([B])O)C([B])(O)O. The van der Waals surface area contributed by atoms with Crippen LogP contribution in [0.1, 0.15) is 42.3 Å². The number of benzene rings is 2. The van der Waals surface area contributed by atoms with Crippen LogP contribution in [-0.4, -0.2) is 89.5 Å². The number of nitrogens with one attached hydrogen (secondary N) is 2. The van der Waals surface area contributed by atoms with E-state index in [9.17, 15) is 30.0 Å². The zero-order chi connectivity index (χ0) is 29.1. The molecular formula is C24H22B6N2O6. The van der Waals surface area contributed by atoms with Crippen molar-refractivity contribution in [3.8, 4) is 5.75 Å². The van der Waals surface area contributed by atoms with Crippen LogP contribution < -0.4 is 10.7 Å². The van der Waals surface area contributed by atoms with Crippen molar-refractivity contribution in [2.75, 3.05) is 5.32 Å². The highest BCUT2D eigenvalue weighted by molar-refractivity contribution is 6.61. The summed E-state index contributed by atoms with van der Waals surface area (Å²) in [6, 6.07) is 8.75. The molecule has 182 valence electrons. The number of amides is 1. The Morgan fingerprint density at radius 2 is 1.50 bits per heavy atom. The second-order valence-corrected chi connectivity index (χ2v) is 10.4. The van der Waals surface area contributed by atoms with Crippen LogP contribution in [0.3, 0.4) is 0 Å². The standard InChI is InChI=1S/C24H22B6N2O6/c1-20(2,3)13-8-14(21(22(25,26)27,23(28,29)36)24(30,37)38)17(33)9-16(13)32-19(35)12-10-31-15-7-5-4-6-11(15)18(12)34/h4-10,33,36-38H,1-3H3,(H,31,34)(H,32,35). The van der Waals surface area contributed by atoms with E-state index in [0.717, 1.165) is 12.1 Å². The minimum Gasteiger partial charge on any atom is -0.508 e. The number of H-pyrrole nitrogens is 1. The zero-order valence-electron chi connectivity index (χ0n) is 21.1. The Balaban J connectivity index is 2.27. The van der Waals surface area contributed by atoms with Crippen molar-refractivity contribution < 1.29 is 25.2 Å². The molecule has 0 aliphatic rings. The molecule has 14 heteroatoms. The fraction of sp³-hybridized carbons (Fsp3) is 0.333. The quantitative estimate of drug-likeness (QED) is 0.197. The van der Waals surface area contributed by atoms with Gasteiger partial charge in [0.2, 0.25) is 5.43 Å². The number of phenolic OH excluding ortho intramolecular Hbond substituents is 1. The van der Waals surface area contributed by atoms with Gasteiger partial charge < -0.3 is 30.7 Å². The lowest BCUT2D eigenvalue weighted by atomic mass is 9.22. The molecular weight excluding hydrogens is 477 g/mol. The third kappa shape index (κ3) is 4.85. The first-order valence-corrected chi connectivity index (χ1v) is 11.3. The fourth-order valence-corrected chi connectivity index (χ4v) is 4.75. The largest absolute Gasteiger partial charge is 0.508 e. The van der Waals surface area contributed by atoms with Gasteiger partial charge in [0.1, 0.15) is 32.7 Å². The Bertz CT molecular complexity index is 1410. The molecule has 0 saturated heterocycles. The summed E-state index contributed by atoms with van der Waals surface area (Å²) in [6.45, 7) is 5.15. The predicted molar refractivity (Wildman–Crippen MR) is 150 cm³/mol. The van der Waals surface area contributed by atoms with Gasteiger partial charge >= 0.3 is 0 Å². The molecule has 12 radical (unpaired) electrons. The number of hydrogen-bond acceptors (Lipinski definition) is 6. The van der Waals surface area contributed by atoms with Crippen molar-refractivity contribution in [3.05, 3.63) is 69.5 Å². The highest BCUT2D eigenvalue weighted by atomic mass is 16.5. The van der Waals surface area contributed by atoms with Crippen molar-refractivity contribution in [2.45, 2.75) is 47.8 Å². The van der Waals surface area contributed by atoms with Crippen LogP contribution in [0.25, 0.3) is 10.9 Å². The number of anilines is 1. The summed E-state index contributed by atoms with van der Waals surface area (Å²) in [6.07, 6.45) is 1.25. The third-order valence-corrected chi connectivity index (χ3v) is 6.43. The molecule has 0 fully saturated rings. The Kier molecular flexibility index (Phi) is 7.38. The number of rotatable bonds is 6. The van der Waals surface area contributed by atoms with E-state index in [4.69, 9.17) is 47.1 Å². The van der Waals surface area contributed by atoms with Gasteiger partial charge in [-0.15, -0.1) is 5.11 Å². The monoisotopic (exact) mass is 500 g/mol. The summed E-state index contributed by atoms with van der Waals surface area (Å²) >= 11 is 0.